The lowest BCUT2D eigenvalue weighted by Gasteiger charge is -2.33. The van der Waals surface area contributed by atoms with E-state index in [0.717, 1.165) is 49.0 Å². The molecular weight excluding hydrogens is 314 g/mol. The maximum absolute atomic E-state index is 12.6. The fourth-order valence-electron chi connectivity index (χ4n) is 3.12. The van der Waals surface area contributed by atoms with Gasteiger partial charge < -0.3 is 20.7 Å². The molecule has 132 valence electrons. The average Bonchev–Trinajstić information content (AvgIpc) is 2.63. The van der Waals surface area contributed by atoms with Crippen LogP contribution in [-0.2, 0) is 0 Å². The number of anilines is 3. The molecule has 1 aliphatic heterocycles. The summed E-state index contributed by atoms with van der Waals surface area (Å²) in [6, 6.07) is 12.8. The van der Waals surface area contributed by atoms with Crippen molar-refractivity contribution >= 4 is 23.0 Å². The number of amides is 1. The number of piperidine rings is 1. The van der Waals surface area contributed by atoms with Crippen LogP contribution < -0.4 is 20.7 Å². The van der Waals surface area contributed by atoms with Crippen LogP contribution in [0.4, 0.5) is 17.1 Å². The van der Waals surface area contributed by atoms with E-state index >= 15 is 0 Å². The van der Waals surface area contributed by atoms with Gasteiger partial charge in [-0.2, -0.15) is 0 Å². The number of carbonyl (C=O) groups is 1. The van der Waals surface area contributed by atoms with E-state index in [2.05, 4.69) is 17.1 Å². The molecule has 1 fully saturated rings. The summed E-state index contributed by atoms with van der Waals surface area (Å²) < 4.78 is 5.14. The van der Waals surface area contributed by atoms with Crippen LogP contribution in [0.1, 0.15) is 30.1 Å². The number of nitrogens with zero attached hydrogens (tertiary/aromatic N) is 1. The Morgan fingerprint density at radius 2 is 1.84 bits per heavy atom. The summed E-state index contributed by atoms with van der Waals surface area (Å²) in [6.07, 6.45) is 2.33. The topological polar surface area (TPSA) is 67.6 Å². The Morgan fingerprint density at radius 1 is 1.16 bits per heavy atom. The SMILES string of the molecule is COc1ccc(C(=O)Nc2cc(N)ccc2N2CCC(C)CC2)cc1. The first-order valence-corrected chi connectivity index (χ1v) is 8.66. The predicted octanol–water partition coefficient (Wildman–Crippen LogP) is 3.77. The van der Waals surface area contributed by atoms with E-state index in [4.69, 9.17) is 10.5 Å². The molecule has 2 aromatic carbocycles. The molecule has 1 heterocycles. The number of hydrogen-bond acceptors (Lipinski definition) is 4. The van der Waals surface area contributed by atoms with Gasteiger partial charge in [0.1, 0.15) is 5.75 Å². The molecule has 2 aromatic rings. The molecule has 0 aliphatic carbocycles. The smallest absolute Gasteiger partial charge is 0.255 e. The molecule has 0 atom stereocenters. The molecule has 0 bridgehead atoms. The summed E-state index contributed by atoms with van der Waals surface area (Å²) in [6.45, 7) is 4.28. The molecule has 0 saturated carbocycles. The van der Waals surface area contributed by atoms with E-state index in [1.165, 1.54) is 0 Å². The molecule has 1 aliphatic rings. The number of ether oxygens (including phenoxy) is 1. The van der Waals surface area contributed by atoms with Gasteiger partial charge in [0.25, 0.3) is 5.91 Å². The van der Waals surface area contributed by atoms with Crippen LogP contribution in [-0.4, -0.2) is 26.1 Å². The lowest BCUT2D eigenvalue weighted by Crippen LogP contribution is -2.33. The Labute approximate surface area is 148 Å². The van der Waals surface area contributed by atoms with Crippen molar-refractivity contribution in [3.63, 3.8) is 0 Å². The number of nitrogen functional groups attached to an aromatic ring is 1. The van der Waals surface area contributed by atoms with Gasteiger partial charge in [0.15, 0.2) is 0 Å². The third kappa shape index (κ3) is 4.05. The predicted molar refractivity (Wildman–Crippen MR) is 102 cm³/mol. The monoisotopic (exact) mass is 339 g/mol. The minimum atomic E-state index is -0.153. The van der Waals surface area contributed by atoms with Crippen LogP contribution in [0.5, 0.6) is 5.75 Å². The summed E-state index contributed by atoms with van der Waals surface area (Å²) >= 11 is 0. The van der Waals surface area contributed by atoms with Gasteiger partial charge in [0.05, 0.1) is 18.5 Å². The summed E-state index contributed by atoms with van der Waals surface area (Å²) in [5.74, 6) is 1.32. The van der Waals surface area contributed by atoms with Crippen LogP contribution in [0.15, 0.2) is 42.5 Å². The number of carbonyl (C=O) groups excluding carboxylic acids is 1. The number of hydrogen-bond donors (Lipinski definition) is 2. The average molecular weight is 339 g/mol. The highest BCUT2D eigenvalue weighted by atomic mass is 16.5. The number of rotatable bonds is 4. The summed E-state index contributed by atoms with van der Waals surface area (Å²) in [4.78, 5) is 14.9. The third-order valence-electron chi connectivity index (χ3n) is 4.75. The van der Waals surface area contributed by atoms with Crippen molar-refractivity contribution in [1.82, 2.24) is 0 Å². The molecule has 0 spiro atoms. The highest BCUT2D eigenvalue weighted by molar-refractivity contribution is 6.06. The van der Waals surface area contributed by atoms with Crippen molar-refractivity contribution in [3.8, 4) is 5.75 Å². The normalized spacial score (nSPS) is 15.0. The molecule has 5 nitrogen and oxygen atoms in total. The fraction of sp³-hybridized carbons (Fsp3) is 0.350. The first-order valence-electron chi connectivity index (χ1n) is 8.66. The number of nitrogens with two attached hydrogens (primary N) is 1. The Kier molecular flexibility index (Phi) is 5.12. The maximum Gasteiger partial charge on any atom is 0.255 e. The second-order valence-corrected chi connectivity index (χ2v) is 6.63. The number of benzene rings is 2. The second-order valence-electron chi connectivity index (χ2n) is 6.63. The Balaban J connectivity index is 1.80. The van der Waals surface area contributed by atoms with Crippen LogP contribution >= 0.6 is 0 Å². The quantitative estimate of drug-likeness (QED) is 0.832. The summed E-state index contributed by atoms with van der Waals surface area (Å²) in [5, 5.41) is 3.01. The Bertz CT molecular complexity index is 735. The first-order chi connectivity index (χ1) is 12.1. The highest BCUT2D eigenvalue weighted by Gasteiger charge is 2.19. The lowest BCUT2D eigenvalue weighted by atomic mass is 9.98. The van der Waals surface area contributed by atoms with Crippen LogP contribution in [0.25, 0.3) is 0 Å². The minimum Gasteiger partial charge on any atom is -0.497 e. The maximum atomic E-state index is 12.6. The van der Waals surface area contributed by atoms with Gasteiger partial charge in [0.2, 0.25) is 0 Å². The van der Waals surface area contributed by atoms with Crippen molar-refractivity contribution in [3.05, 3.63) is 48.0 Å². The van der Waals surface area contributed by atoms with E-state index in [-0.39, 0.29) is 5.91 Å². The Morgan fingerprint density at radius 3 is 2.48 bits per heavy atom. The van der Waals surface area contributed by atoms with Gasteiger partial charge in [-0.1, -0.05) is 6.92 Å². The van der Waals surface area contributed by atoms with Crippen LogP contribution in [0.2, 0.25) is 0 Å². The van der Waals surface area contributed by atoms with Gasteiger partial charge in [-0.05, 0) is 61.2 Å². The van der Waals surface area contributed by atoms with E-state index < -0.39 is 0 Å². The highest BCUT2D eigenvalue weighted by Crippen LogP contribution is 2.32. The van der Waals surface area contributed by atoms with Crippen molar-refractivity contribution in [1.29, 1.82) is 0 Å². The third-order valence-corrected chi connectivity index (χ3v) is 4.75. The second kappa shape index (κ2) is 7.47. The Hall–Kier alpha value is -2.69. The van der Waals surface area contributed by atoms with Gasteiger partial charge in [-0.25, -0.2) is 0 Å². The van der Waals surface area contributed by atoms with Gasteiger partial charge in [-0.15, -0.1) is 0 Å². The zero-order valence-corrected chi connectivity index (χ0v) is 14.8. The van der Waals surface area contributed by atoms with E-state index in [0.29, 0.717) is 11.3 Å². The van der Waals surface area contributed by atoms with Gasteiger partial charge >= 0.3 is 0 Å². The van der Waals surface area contributed by atoms with E-state index in [9.17, 15) is 4.79 Å². The zero-order valence-electron chi connectivity index (χ0n) is 14.8. The number of nitrogens with one attached hydrogen (secondary N) is 1. The minimum absolute atomic E-state index is 0.153. The van der Waals surface area contributed by atoms with Crippen LogP contribution in [0.3, 0.4) is 0 Å². The fourth-order valence-corrected chi connectivity index (χ4v) is 3.12. The molecule has 3 N–H and O–H groups in total. The van der Waals surface area contributed by atoms with E-state index in [1.54, 1.807) is 31.4 Å². The van der Waals surface area contributed by atoms with Crippen molar-refractivity contribution in [2.24, 2.45) is 5.92 Å². The molecule has 3 rings (SSSR count). The van der Waals surface area contributed by atoms with Gasteiger partial charge in [0, 0.05) is 24.3 Å². The molecule has 1 amide bonds. The van der Waals surface area contributed by atoms with E-state index in [1.807, 2.05) is 18.2 Å². The molecule has 1 saturated heterocycles. The van der Waals surface area contributed by atoms with Crippen molar-refractivity contribution in [2.75, 3.05) is 36.1 Å². The zero-order chi connectivity index (χ0) is 17.8. The first kappa shape index (κ1) is 17.1. The molecule has 0 aromatic heterocycles. The van der Waals surface area contributed by atoms with Gasteiger partial charge in [-0.3, -0.25) is 4.79 Å². The van der Waals surface area contributed by atoms with Crippen molar-refractivity contribution < 1.29 is 9.53 Å². The standard InChI is InChI=1S/C20H25N3O2/c1-14-9-11-23(12-10-14)19-8-5-16(21)13-18(19)22-20(24)15-3-6-17(25-2)7-4-15/h3-8,13-14H,9-12,21H2,1-2H3,(H,22,24). The largest absolute Gasteiger partial charge is 0.497 e. The molecule has 25 heavy (non-hydrogen) atoms. The summed E-state index contributed by atoms with van der Waals surface area (Å²) in [7, 11) is 1.60. The lowest BCUT2D eigenvalue weighted by molar-refractivity contribution is 0.102. The number of methoxy groups -OCH3 is 1. The summed E-state index contributed by atoms with van der Waals surface area (Å²) in [5.41, 5.74) is 8.96. The molecule has 0 radical (unpaired) electrons. The molecule has 5 heteroatoms. The molecule has 0 unspecified atom stereocenters. The van der Waals surface area contributed by atoms with Crippen molar-refractivity contribution in [2.45, 2.75) is 19.8 Å². The van der Waals surface area contributed by atoms with Crippen LogP contribution in [0, 0.1) is 5.92 Å². The molecular formula is C20H25N3O2.